The summed E-state index contributed by atoms with van der Waals surface area (Å²) in [5.41, 5.74) is 2.70. The number of benzene rings is 2. The number of hydrogen-bond acceptors (Lipinski definition) is 6. The molecule has 2 aromatic carbocycles. The van der Waals surface area contributed by atoms with Crippen molar-refractivity contribution in [3.8, 4) is 22.8 Å². The van der Waals surface area contributed by atoms with Gasteiger partial charge in [0, 0.05) is 18.2 Å². The van der Waals surface area contributed by atoms with Crippen LogP contribution in [0.2, 0.25) is 0 Å². The second-order valence-corrected chi connectivity index (χ2v) is 7.87. The molecule has 0 aliphatic rings. The number of methoxy groups -OCH3 is 3. The van der Waals surface area contributed by atoms with Crippen LogP contribution in [0.5, 0.6) is 11.5 Å². The Balaban J connectivity index is 1.92. The normalized spacial score (nSPS) is 11.3. The lowest BCUT2D eigenvalue weighted by atomic mass is 10.1. The summed E-state index contributed by atoms with van der Waals surface area (Å²) in [5, 5.41) is 4.76. The molecule has 0 fully saturated rings. The molecular weight excluding hydrogens is 408 g/mol. The van der Waals surface area contributed by atoms with E-state index in [0.29, 0.717) is 23.7 Å². The van der Waals surface area contributed by atoms with E-state index in [-0.39, 0.29) is 6.61 Å². The Bertz CT molecular complexity index is 1020. The highest BCUT2D eigenvalue weighted by Gasteiger charge is 2.30. The molecule has 0 atom stereocenters. The second-order valence-electron chi connectivity index (χ2n) is 7.87. The van der Waals surface area contributed by atoms with Crippen molar-refractivity contribution in [2.75, 3.05) is 21.3 Å². The van der Waals surface area contributed by atoms with Gasteiger partial charge in [-0.15, -0.1) is 0 Å². The predicted molar refractivity (Wildman–Crippen MR) is 122 cm³/mol. The minimum absolute atomic E-state index is 0.175. The van der Waals surface area contributed by atoms with Gasteiger partial charge in [0.1, 0.15) is 11.5 Å². The zero-order valence-corrected chi connectivity index (χ0v) is 19.3. The highest BCUT2D eigenvalue weighted by molar-refractivity contribution is 5.78. The van der Waals surface area contributed by atoms with E-state index in [0.717, 1.165) is 17.7 Å². The molecule has 0 saturated carbocycles. The molecular formula is C25H30N2O5. The fraction of sp³-hybridized carbons (Fsp3) is 0.360. The van der Waals surface area contributed by atoms with E-state index < -0.39 is 11.6 Å². The predicted octanol–water partition coefficient (Wildman–Crippen LogP) is 4.28. The average Bonchev–Trinajstić information content (AvgIpc) is 3.24. The first kappa shape index (κ1) is 23.3. The largest absolute Gasteiger partial charge is 0.497 e. The van der Waals surface area contributed by atoms with Crippen LogP contribution in [0.4, 0.5) is 0 Å². The SMILES string of the molecule is COC(=O)C(C)(C)OCc1cc(-c2cc(OC)cc(OC)c2)n(CCc2ccccc2)n1. The zero-order valence-electron chi connectivity index (χ0n) is 19.3. The Kier molecular flexibility index (Phi) is 7.53. The third-order valence-electron chi connectivity index (χ3n) is 5.19. The summed E-state index contributed by atoms with van der Waals surface area (Å²) in [6.07, 6.45) is 0.824. The summed E-state index contributed by atoms with van der Waals surface area (Å²) >= 11 is 0. The van der Waals surface area contributed by atoms with E-state index in [9.17, 15) is 4.79 Å². The molecule has 0 unspecified atom stereocenters. The Morgan fingerprint density at radius 3 is 2.22 bits per heavy atom. The van der Waals surface area contributed by atoms with Gasteiger partial charge < -0.3 is 18.9 Å². The minimum Gasteiger partial charge on any atom is -0.497 e. The van der Waals surface area contributed by atoms with Crippen LogP contribution in [0.15, 0.2) is 54.6 Å². The molecule has 0 radical (unpaired) electrons. The van der Waals surface area contributed by atoms with Crippen LogP contribution in [-0.2, 0) is 33.8 Å². The van der Waals surface area contributed by atoms with Gasteiger partial charge >= 0.3 is 5.97 Å². The summed E-state index contributed by atoms with van der Waals surface area (Å²) in [4.78, 5) is 11.9. The van der Waals surface area contributed by atoms with Gasteiger partial charge in [0.05, 0.1) is 39.3 Å². The van der Waals surface area contributed by atoms with E-state index in [1.807, 2.05) is 47.1 Å². The van der Waals surface area contributed by atoms with Gasteiger partial charge in [-0.05, 0) is 44.0 Å². The fourth-order valence-electron chi connectivity index (χ4n) is 3.34. The smallest absolute Gasteiger partial charge is 0.337 e. The number of esters is 1. The third-order valence-corrected chi connectivity index (χ3v) is 5.19. The molecule has 32 heavy (non-hydrogen) atoms. The Hall–Kier alpha value is -3.32. The molecule has 0 N–H and O–H groups in total. The number of nitrogens with zero attached hydrogens (tertiary/aromatic N) is 2. The van der Waals surface area contributed by atoms with E-state index >= 15 is 0 Å². The molecule has 0 aliphatic heterocycles. The van der Waals surface area contributed by atoms with Crippen molar-refractivity contribution in [2.24, 2.45) is 0 Å². The highest BCUT2D eigenvalue weighted by atomic mass is 16.6. The van der Waals surface area contributed by atoms with Gasteiger partial charge in [0.2, 0.25) is 0 Å². The summed E-state index contributed by atoms with van der Waals surface area (Å²) < 4.78 is 23.5. The molecule has 1 heterocycles. The molecule has 0 spiro atoms. The quantitative estimate of drug-likeness (QED) is 0.440. The van der Waals surface area contributed by atoms with Crippen LogP contribution in [0, 0.1) is 0 Å². The van der Waals surface area contributed by atoms with Crippen molar-refractivity contribution >= 4 is 5.97 Å². The van der Waals surface area contributed by atoms with Crippen molar-refractivity contribution < 1.29 is 23.7 Å². The van der Waals surface area contributed by atoms with Gasteiger partial charge in [0.25, 0.3) is 0 Å². The number of aryl methyl sites for hydroxylation is 2. The van der Waals surface area contributed by atoms with Crippen molar-refractivity contribution in [1.82, 2.24) is 9.78 Å². The van der Waals surface area contributed by atoms with Gasteiger partial charge in [-0.25, -0.2) is 4.79 Å². The maximum atomic E-state index is 11.9. The van der Waals surface area contributed by atoms with Crippen molar-refractivity contribution in [3.05, 3.63) is 65.9 Å². The number of aromatic nitrogens is 2. The van der Waals surface area contributed by atoms with Crippen LogP contribution in [-0.4, -0.2) is 42.7 Å². The summed E-state index contributed by atoms with van der Waals surface area (Å²) in [6.45, 7) is 4.21. The molecule has 0 aliphatic carbocycles. The number of carbonyl (C=O) groups excluding carboxylic acids is 1. The molecule has 1 aromatic heterocycles. The molecule has 3 aromatic rings. The monoisotopic (exact) mass is 438 g/mol. The summed E-state index contributed by atoms with van der Waals surface area (Å²) in [5.74, 6) is 0.957. The van der Waals surface area contributed by atoms with Crippen LogP contribution in [0.1, 0.15) is 25.1 Å². The summed E-state index contributed by atoms with van der Waals surface area (Å²) in [6, 6.07) is 17.9. The van der Waals surface area contributed by atoms with E-state index in [4.69, 9.17) is 24.0 Å². The zero-order chi connectivity index (χ0) is 23.1. The Morgan fingerprint density at radius 1 is 0.969 bits per heavy atom. The molecule has 0 amide bonds. The first-order chi connectivity index (χ1) is 15.4. The van der Waals surface area contributed by atoms with Gasteiger partial charge in [-0.3, -0.25) is 4.68 Å². The summed E-state index contributed by atoms with van der Waals surface area (Å²) in [7, 11) is 4.60. The van der Waals surface area contributed by atoms with Crippen LogP contribution < -0.4 is 9.47 Å². The average molecular weight is 439 g/mol. The van der Waals surface area contributed by atoms with Crippen LogP contribution >= 0.6 is 0 Å². The topological polar surface area (TPSA) is 71.8 Å². The number of ether oxygens (including phenoxy) is 4. The van der Waals surface area contributed by atoms with Crippen molar-refractivity contribution in [3.63, 3.8) is 0 Å². The lowest BCUT2D eigenvalue weighted by Gasteiger charge is -2.21. The number of carbonyl (C=O) groups is 1. The maximum absolute atomic E-state index is 11.9. The maximum Gasteiger partial charge on any atom is 0.337 e. The second kappa shape index (κ2) is 10.3. The van der Waals surface area contributed by atoms with E-state index in [2.05, 4.69) is 12.1 Å². The first-order valence-corrected chi connectivity index (χ1v) is 10.4. The molecule has 7 heteroatoms. The lowest BCUT2D eigenvalue weighted by molar-refractivity contribution is -0.166. The Morgan fingerprint density at radius 2 is 1.62 bits per heavy atom. The van der Waals surface area contributed by atoms with Crippen molar-refractivity contribution in [1.29, 1.82) is 0 Å². The van der Waals surface area contributed by atoms with Gasteiger partial charge in [0.15, 0.2) is 5.60 Å². The standard InChI is InChI=1S/C25H30N2O5/c1-25(2,24(28)31-5)32-17-20-15-23(19-13-21(29-3)16-22(14-19)30-4)27(26-20)12-11-18-9-7-6-8-10-18/h6-10,13-16H,11-12,17H2,1-5H3. The number of hydrogen-bond donors (Lipinski definition) is 0. The van der Waals surface area contributed by atoms with Crippen molar-refractivity contribution in [2.45, 2.75) is 39.0 Å². The number of rotatable bonds is 10. The fourth-order valence-corrected chi connectivity index (χ4v) is 3.34. The molecule has 3 rings (SSSR count). The van der Waals surface area contributed by atoms with Gasteiger partial charge in [-0.2, -0.15) is 5.10 Å². The lowest BCUT2D eigenvalue weighted by Crippen LogP contribution is -2.35. The molecule has 0 saturated heterocycles. The molecule has 170 valence electrons. The van der Waals surface area contributed by atoms with Gasteiger partial charge in [-0.1, -0.05) is 30.3 Å². The Labute approximate surface area is 188 Å². The minimum atomic E-state index is -1.07. The highest BCUT2D eigenvalue weighted by Crippen LogP contribution is 2.31. The molecule has 0 bridgehead atoms. The van der Waals surface area contributed by atoms with E-state index in [1.54, 1.807) is 28.1 Å². The first-order valence-electron chi connectivity index (χ1n) is 10.4. The van der Waals surface area contributed by atoms with Crippen LogP contribution in [0.25, 0.3) is 11.3 Å². The van der Waals surface area contributed by atoms with E-state index in [1.165, 1.54) is 12.7 Å². The van der Waals surface area contributed by atoms with Crippen LogP contribution in [0.3, 0.4) is 0 Å². The molecule has 7 nitrogen and oxygen atoms in total. The third kappa shape index (κ3) is 5.68.